The van der Waals surface area contributed by atoms with Crippen molar-refractivity contribution in [3.05, 3.63) is 206 Å². The number of carbonyl (C=O) groups excluding carboxylic acids is 4. The van der Waals surface area contributed by atoms with Crippen molar-refractivity contribution in [3.63, 3.8) is 0 Å². The van der Waals surface area contributed by atoms with Gasteiger partial charge in [0, 0.05) is 96.7 Å². The monoisotopic (exact) mass is 1450 g/mol. The third-order valence-electron chi connectivity index (χ3n) is 24.6. The van der Waals surface area contributed by atoms with Gasteiger partial charge in [0.1, 0.15) is 40.4 Å². The van der Waals surface area contributed by atoms with Crippen LogP contribution in [0.1, 0.15) is 172 Å². The highest BCUT2D eigenvalue weighted by Gasteiger charge is 2.55. The van der Waals surface area contributed by atoms with E-state index < -0.39 is 24.4 Å². The number of ketones is 4. The van der Waals surface area contributed by atoms with Crippen LogP contribution in [0, 0.1) is 54.3 Å². The third kappa shape index (κ3) is 12.0. The molecule has 554 valence electrons. The first kappa shape index (κ1) is 69.7. The largest absolute Gasteiger partial charge is 0.497 e. The van der Waals surface area contributed by atoms with Crippen LogP contribution in [0.25, 0.3) is 0 Å². The first-order chi connectivity index (χ1) is 52.0. The Bertz CT molecular complexity index is 4850. The molecular weight excluding hydrogens is 1370 g/mol. The molecule has 21 nitrogen and oxygen atoms in total. The minimum absolute atomic E-state index is 0.0533. The number of aryl methyl sites for hydroxylation is 1. The Balaban J connectivity index is 0.000000105. The van der Waals surface area contributed by atoms with Crippen molar-refractivity contribution in [2.75, 3.05) is 62.7 Å². The van der Waals surface area contributed by atoms with Crippen LogP contribution in [0.15, 0.2) is 133 Å². The molecule has 16 atom stereocenters. The van der Waals surface area contributed by atoms with E-state index in [4.69, 9.17) is 61.6 Å². The smallest absolute Gasteiger partial charge is 0.231 e. The number of ether oxygens (including phenoxy) is 13. The summed E-state index contributed by atoms with van der Waals surface area (Å²) in [6, 6.07) is 42.9. The molecule has 8 aromatic rings. The molecule has 12 aliphatic rings. The van der Waals surface area contributed by atoms with Crippen molar-refractivity contribution in [1.29, 1.82) is 0 Å². The zero-order chi connectivity index (χ0) is 73.8. The maximum Gasteiger partial charge on any atom is 0.231 e. The Labute approximate surface area is 618 Å². The molecule has 21 heteroatoms. The number of methoxy groups -OCH3 is 5. The SMILES string of the molecule is COc1cc(C)cc([C@@H]2c3cc4c(cc3[C@H](O)[C@H]3CCC(=O)[C@@H]23)OCO4)c1.COc1ccc([C@@H]2c3cc4c(cc3[C@H](O)[C@H]3CCC(=O)[C@@H]23)OCO4)cc1.COc1ccc([C@@H]2c3cc4c(cc3[C@H](O)[C@H]3CCC(=O)[C@@H]23)OCO4)cc1OC.COc1cccc([C@@H]2c3cc4c(cc3[C@H](O)[C@H]3CCC(=O)[C@@H]23)OCO4)c1. The van der Waals surface area contributed by atoms with E-state index in [1.54, 1.807) is 35.5 Å². The molecule has 0 aromatic heterocycles. The van der Waals surface area contributed by atoms with Crippen LogP contribution in [0.2, 0.25) is 0 Å². The first-order valence-corrected chi connectivity index (χ1v) is 36.8. The molecule has 20 rings (SSSR count). The van der Waals surface area contributed by atoms with Gasteiger partial charge in [-0.05, 0) is 202 Å². The fourth-order valence-electron chi connectivity index (χ4n) is 19.7. The number of aliphatic hydroxyl groups excluding tert-OH is 4. The highest BCUT2D eigenvalue weighted by molar-refractivity contribution is 5.89. The number of benzene rings is 8. The lowest BCUT2D eigenvalue weighted by molar-refractivity contribution is -0.123. The van der Waals surface area contributed by atoms with E-state index in [0.717, 1.165) is 109 Å². The van der Waals surface area contributed by atoms with Crippen molar-refractivity contribution < 1.29 is 101 Å². The van der Waals surface area contributed by atoms with Crippen LogP contribution < -0.4 is 61.6 Å². The predicted molar refractivity (Wildman–Crippen MR) is 386 cm³/mol. The van der Waals surface area contributed by atoms with Gasteiger partial charge in [-0.25, -0.2) is 0 Å². The number of Topliss-reactive ketones (excluding diaryl/α,β-unsaturated/α-hetero) is 4. The lowest BCUT2D eigenvalue weighted by Gasteiger charge is -2.38. The summed E-state index contributed by atoms with van der Waals surface area (Å²) in [6.07, 6.45) is 2.29. The van der Waals surface area contributed by atoms with Crippen LogP contribution in [0.5, 0.6) is 74.7 Å². The molecule has 0 unspecified atom stereocenters. The normalized spacial score (nSPS) is 28.1. The minimum atomic E-state index is -0.683. The average Bonchev–Trinajstić information content (AvgIpc) is 1.70. The molecule has 0 spiro atoms. The van der Waals surface area contributed by atoms with E-state index in [2.05, 4.69) is 6.07 Å². The highest BCUT2D eigenvalue weighted by atomic mass is 16.7. The van der Waals surface area contributed by atoms with E-state index in [0.29, 0.717) is 89.6 Å². The van der Waals surface area contributed by atoms with Gasteiger partial charge in [0.05, 0.1) is 60.0 Å². The quantitative estimate of drug-likeness (QED) is 0.105. The van der Waals surface area contributed by atoms with Gasteiger partial charge in [-0.15, -0.1) is 0 Å². The standard InChI is InChI=1S/C22H22O6.C22H22O5.2C21H20O5/c1-25-16-6-3-11(7-17(16)26-2)20-13-8-18-19(28-10-27-18)9-14(13)22(24)12-4-5-15(23)21(12)20;1-11-5-12(7-13(6-11)25-2)20-15-8-18-19(27-10-26-18)9-16(15)22(24)14-3-4-17(23)21(14)20;1-24-12-4-2-11(3-5-12)19-14-8-17-18(26-10-25-17)9-15(14)21(23)13-6-7-16(22)20(13)19;1-24-12-4-2-3-11(7-12)19-14-8-17-18(26-10-25-17)9-15(14)21(23)13-5-6-16(22)20(13)19/h3,6-9,12,20-22,24H,4-5,10H2,1-2H3;5-9,14,20-22,24H,3-4,10H2,1-2H3;2-5,8-9,13,19-21,23H,6-7,10H2,1H3;2-4,7-9,13,19-21,23H,5-6,10H2,1H3/t12-,20+,21-,22+;14-,20+,21-,22+;2*13-,19+,20-,21+/m0000/s1. The van der Waals surface area contributed by atoms with Crippen molar-refractivity contribution in [1.82, 2.24) is 0 Å². The van der Waals surface area contributed by atoms with Crippen LogP contribution in [0.3, 0.4) is 0 Å². The zero-order valence-electron chi connectivity index (χ0n) is 60.2. The van der Waals surface area contributed by atoms with Crippen molar-refractivity contribution in [2.24, 2.45) is 47.3 Å². The number of rotatable bonds is 9. The first-order valence-electron chi connectivity index (χ1n) is 36.8. The van der Waals surface area contributed by atoms with Crippen molar-refractivity contribution >= 4 is 23.1 Å². The molecule has 4 N–H and O–H groups in total. The molecule has 4 fully saturated rings. The van der Waals surface area contributed by atoms with Gasteiger partial charge < -0.3 is 82.0 Å². The van der Waals surface area contributed by atoms with Gasteiger partial charge in [-0.2, -0.15) is 0 Å². The second-order valence-corrected chi connectivity index (χ2v) is 29.8. The van der Waals surface area contributed by atoms with Gasteiger partial charge >= 0.3 is 0 Å². The minimum Gasteiger partial charge on any atom is -0.497 e. The third-order valence-corrected chi connectivity index (χ3v) is 24.6. The second-order valence-electron chi connectivity index (χ2n) is 29.8. The molecule has 0 radical (unpaired) electrons. The molecule has 8 aliphatic carbocycles. The average molecular weight is 1450 g/mol. The van der Waals surface area contributed by atoms with Crippen LogP contribution in [-0.2, 0) is 19.2 Å². The summed E-state index contributed by atoms with van der Waals surface area (Å²) >= 11 is 0. The van der Waals surface area contributed by atoms with Gasteiger partial charge in [0.2, 0.25) is 27.2 Å². The Morgan fingerprint density at radius 3 is 0.972 bits per heavy atom. The van der Waals surface area contributed by atoms with E-state index in [9.17, 15) is 39.6 Å². The lowest BCUT2D eigenvalue weighted by Crippen LogP contribution is -2.33. The Kier molecular flexibility index (Phi) is 18.3. The Morgan fingerprint density at radius 2 is 0.617 bits per heavy atom. The van der Waals surface area contributed by atoms with E-state index in [1.165, 1.54) is 0 Å². The highest BCUT2D eigenvalue weighted by Crippen LogP contribution is 2.61. The van der Waals surface area contributed by atoms with Crippen LogP contribution >= 0.6 is 0 Å². The lowest BCUT2D eigenvalue weighted by atomic mass is 9.66. The molecule has 0 saturated heterocycles. The van der Waals surface area contributed by atoms with Crippen LogP contribution in [0.4, 0.5) is 0 Å². The summed E-state index contributed by atoms with van der Waals surface area (Å²) in [7, 11) is 8.12. The predicted octanol–water partition coefficient (Wildman–Crippen LogP) is 13.1. The van der Waals surface area contributed by atoms with E-state index in [-0.39, 0.29) is 121 Å². The van der Waals surface area contributed by atoms with Crippen LogP contribution in [-0.4, -0.2) is 106 Å². The van der Waals surface area contributed by atoms with Gasteiger partial charge in [-0.1, -0.05) is 36.4 Å². The summed E-state index contributed by atoms with van der Waals surface area (Å²) in [5.41, 5.74) is 12.3. The van der Waals surface area contributed by atoms with E-state index in [1.807, 2.05) is 134 Å². The van der Waals surface area contributed by atoms with Gasteiger partial charge in [0.25, 0.3) is 0 Å². The zero-order valence-corrected chi connectivity index (χ0v) is 60.2. The summed E-state index contributed by atoms with van der Waals surface area (Å²) in [5.74, 6) is 8.11. The number of aliphatic hydroxyl groups is 4. The molecular formula is C86H84O21. The molecule has 107 heavy (non-hydrogen) atoms. The molecule has 4 aliphatic heterocycles. The summed E-state index contributed by atoms with van der Waals surface area (Å²) < 4.78 is 71.3. The number of hydrogen-bond donors (Lipinski definition) is 4. The molecule has 4 heterocycles. The summed E-state index contributed by atoms with van der Waals surface area (Å²) in [5, 5.41) is 44.0. The molecule has 0 bridgehead atoms. The van der Waals surface area contributed by atoms with Gasteiger partial charge in [-0.3, -0.25) is 19.2 Å². The second kappa shape index (κ2) is 28.1. The fraction of sp³-hybridized carbons (Fsp3) is 0.395. The summed E-state index contributed by atoms with van der Waals surface area (Å²) in [6.45, 7) is 2.75. The number of hydrogen-bond acceptors (Lipinski definition) is 21. The topological polar surface area (TPSA) is 269 Å². The van der Waals surface area contributed by atoms with E-state index >= 15 is 0 Å². The maximum absolute atomic E-state index is 12.8. The van der Waals surface area contributed by atoms with Gasteiger partial charge in [0.15, 0.2) is 57.5 Å². The molecule has 4 saturated carbocycles. The number of fused-ring (bicyclic) bond motifs is 12. The van der Waals surface area contributed by atoms with Crippen molar-refractivity contribution in [3.8, 4) is 74.7 Å². The molecule has 0 amide bonds. The Hall–Kier alpha value is -10.3. The summed E-state index contributed by atoms with van der Waals surface area (Å²) in [4.78, 5) is 51.1. The number of carbonyl (C=O) groups is 4. The van der Waals surface area contributed by atoms with Crippen molar-refractivity contribution in [2.45, 2.75) is 106 Å². The Morgan fingerprint density at radius 1 is 0.299 bits per heavy atom. The molecule has 8 aromatic carbocycles. The maximum atomic E-state index is 12.8. The fourth-order valence-corrected chi connectivity index (χ4v) is 19.7.